The first-order chi connectivity index (χ1) is 14.4. The summed E-state index contributed by atoms with van der Waals surface area (Å²) in [6, 6.07) is 1.42. The Morgan fingerprint density at radius 1 is 1.28 bits per heavy atom. The summed E-state index contributed by atoms with van der Waals surface area (Å²) in [6.07, 6.45) is 0.492. The van der Waals surface area contributed by atoms with E-state index in [4.69, 9.17) is 11.6 Å². The molecule has 1 amide bonds. The number of carbonyl (C=O) groups is 2. The van der Waals surface area contributed by atoms with Gasteiger partial charge in [-0.15, -0.1) is 11.8 Å². The van der Waals surface area contributed by atoms with Crippen LogP contribution in [-0.4, -0.2) is 50.5 Å². The zero-order valence-electron chi connectivity index (χ0n) is 20.0. The van der Waals surface area contributed by atoms with Crippen LogP contribution >= 0.6 is 23.4 Å². The van der Waals surface area contributed by atoms with Gasteiger partial charge in [0.1, 0.15) is 5.15 Å². The SMILES string of the molecule is CSc1cc(Cl)nc(C[C@]2(C(=O)O)CCN(C(=O)O)[C@@](C)(C(C)(C)C)C2C(C)(C)C)c1F. The van der Waals surface area contributed by atoms with Crippen molar-refractivity contribution in [2.75, 3.05) is 12.8 Å². The lowest BCUT2D eigenvalue weighted by Crippen LogP contribution is -2.72. The van der Waals surface area contributed by atoms with Gasteiger partial charge < -0.3 is 15.1 Å². The van der Waals surface area contributed by atoms with Gasteiger partial charge in [0.25, 0.3) is 0 Å². The normalized spacial score (nSPS) is 26.8. The molecule has 0 radical (unpaired) electrons. The number of amides is 1. The Bertz CT molecular complexity index is 914. The van der Waals surface area contributed by atoms with Crippen molar-refractivity contribution in [2.24, 2.45) is 22.2 Å². The minimum Gasteiger partial charge on any atom is -0.481 e. The van der Waals surface area contributed by atoms with Gasteiger partial charge in [-0.1, -0.05) is 53.1 Å². The maximum absolute atomic E-state index is 15.3. The first-order valence-corrected chi connectivity index (χ1v) is 12.2. The van der Waals surface area contributed by atoms with Crippen molar-refractivity contribution in [2.45, 2.75) is 71.7 Å². The summed E-state index contributed by atoms with van der Waals surface area (Å²) in [4.78, 5) is 31.2. The quantitative estimate of drug-likeness (QED) is 0.395. The molecule has 1 saturated heterocycles. The van der Waals surface area contributed by atoms with E-state index in [1.54, 1.807) is 6.26 Å². The van der Waals surface area contributed by atoms with E-state index in [0.29, 0.717) is 4.90 Å². The van der Waals surface area contributed by atoms with E-state index in [1.807, 2.05) is 48.5 Å². The van der Waals surface area contributed by atoms with Crippen LogP contribution in [0, 0.1) is 28.0 Å². The topological polar surface area (TPSA) is 90.7 Å². The molecule has 0 aliphatic carbocycles. The molecule has 1 unspecified atom stereocenters. The van der Waals surface area contributed by atoms with Gasteiger partial charge in [0, 0.05) is 23.8 Å². The summed E-state index contributed by atoms with van der Waals surface area (Å²) in [7, 11) is 0. The number of aromatic nitrogens is 1. The van der Waals surface area contributed by atoms with Crippen LogP contribution in [0.15, 0.2) is 11.0 Å². The lowest BCUT2D eigenvalue weighted by Gasteiger charge is -2.64. The first-order valence-electron chi connectivity index (χ1n) is 10.6. The van der Waals surface area contributed by atoms with Gasteiger partial charge >= 0.3 is 12.1 Å². The van der Waals surface area contributed by atoms with Gasteiger partial charge in [0.2, 0.25) is 0 Å². The fraction of sp³-hybridized carbons (Fsp3) is 0.696. The second kappa shape index (κ2) is 8.67. The molecule has 2 N–H and O–H groups in total. The molecule has 1 aliphatic rings. The largest absolute Gasteiger partial charge is 0.481 e. The molecule has 0 aromatic carbocycles. The van der Waals surface area contributed by atoms with Gasteiger partial charge in [-0.3, -0.25) is 4.79 Å². The maximum atomic E-state index is 15.3. The number of hydrogen-bond acceptors (Lipinski definition) is 4. The Kier molecular flexibility index (Phi) is 7.24. The number of rotatable bonds is 4. The number of nitrogens with zero attached hydrogens (tertiary/aromatic N) is 2. The van der Waals surface area contributed by atoms with Gasteiger partial charge in [-0.05, 0) is 36.5 Å². The van der Waals surface area contributed by atoms with Crippen LogP contribution in [0.2, 0.25) is 5.15 Å². The molecule has 2 heterocycles. The Morgan fingerprint density at radius 2 is 1.84 bits per heavy atom. The van der Waals surface area contributed by atoms with Crippen molar-refractivity contribution in [3.05, 3.63) is 22.7 Å². The van der Waals surface area contributed by atoms with Crippen LogP contribution in [0.4, 0.5) is 9.18 Å². The predicted octanol–water partition coefficient (Wildman–Crippen LogP) is 6.06. The van der Waals surface area contributed by atoms with Crippen molar-refractivity contribution in [1.29, 1.82) is 0 Å². The van der Waals surface area contributed by atoms with E-state index in [1.165, 1.54) is 22.7 Å². The van der Waals surface area contributed by atoms with Crippen LogP contribution < -0.4 is 0 Å². The zero-order valence-corrected chi connectivity index (χ0v) is 21.6. The Morgan fingerprint density at radius 3 is 2.25 bits per heavy atom. The lowest BCUT2D eigenvalue weighted by molar-refractivity contribution is -0.188. The smallest absolute Gasteiger partial charge is 0.407 e. The lowest BCUT2D eigenvalue weighted by atomic mass is 9.47. The van der Waals surface area contributed by atoms with Gasteiger partial charge in [-0.2, -0.15) is 0 Å². The fourth-order valence-electron chi connectivity index (χ4n) is 5.77. The molecule has 1 aromatic rings. The molecule has 32 heavy (non-hydrogen) atoms. The summed E-state index contributed by atoms with van der Waals surface area (Å²) in [5.41, 5.74) is -3.72. The van der Waals surface area contributed by atoms with E-state index in [9.17, 15) is 19.8 Å². The third-order valence-electron chi connectivity index (χ3n) is 7.16. The fourth-order valence-corrected chi connectivity index (χ4v) is 6.57. The van der Waals surface area contributed by atoms with Crippen LogP contribution in [0.3, 0.4) is 0 Å². The number of aliphatic carboxylic acids is 1. The number of halogens is 2. The highest BCUT2D eigenvalue weighted by atomic mass is 35.5. The van der Waals surface area contributed by atoms with Crippen LogP contribution in [-0.2, 0) is 11.2 Å². The number of hydrogen-bond donors (Lipinski definition) is 2. The van der Waals surface area contributed by atoms with Crippen molar-refractivity contribution >= 4 is 35.4 Å². The summed E-state index contributed by atoms with van der Waals surface area (Å²) in [5, 5.41) is 20.8. The summed E-state index contributed by atoms with van der Waals surface area (Å²) < 4.78 is 15.3. The second-order valence-corrected chi connectivity index (χ2v) is 12.2. The molecule has 9 heteroatoms. The molecule has 3 atom stereocenters. The molecular weight excluding hydrogens is 455 g/mol. The minimum atomic E-state index is -1.44. The molecule has 0 spiro atoms. The van der Waals surface area contributed by atoms with Crippen molar-refractivity contribution < 1.29 is 24.2 Å². The summed E-state index contributed by atoms with van der Waals surface area (Å²) in [5.74, 6) is -2.30. The molecular formula is C23H34ClFN2O4S. The van der Waals surface area contributed by atoms with Crippen LogP contribution in [0.25, 0.3) is 0 Å². The average molecular weight is 489 g/mol. The minimum absolute atomic E-state index is 0.00136. The third-order valence-corrected chi connectivity index (χ3v) is 8.09. The number of likely N-dealkylation sites (tertiary alicyclic amines) is 1. The molecule has 1 aromatic heterocycles. The number of piperidine rings is 1. The summed E-state index contributed by atoms with van der Waals surface area (Å²) in [6.45, 7) is 13.4. The number of carboxylic acid groups (broad SMARTS) is 2. The van der Waals surface area contributed by atoms with Crippen LogP contribution in [0.5, 0.6) is 0 Å². The van der Waals surface area contributed by atoms with Gasteiger partial charge in [0.15, 0.2) is 5.82 Å². The van der Waals surface area contributed by atoms with E-state index >= 15 is 4.39 Å². The monoisotopic (exact) mass is 488 g/mol. The number of thioether (sulfide) groups is 1. The Hall–Kier alpha value is -1.54. The Labute approximate surface area is 198 Å². The van der Waals surface area contributed by atoms with Crippen LogP contribution in [0.1, 0.15) is 60.6 Å². The standard InChI is InChI=1S/C23H34ClFN2O4S/c1-20(2,3)17-22(7,21(4,5)6)27(19(30)31)10-9-23(17,18(28)29)12-13-16(25)14(32-8)11-15(24)26-13/h11,17H,9-10,12H2,1-8H3,(H,28,29)(H,30,31)/t17?,22-,23-/m1/s1. The highest BCUT2D eigenvalue weighted by molar-refractivity contribution is 7.98. The van der Waals surface area contributed by atoms with Gasteiger partial charge in [0.05, 0.1) is 16.6 Å². The van der Waals surface area contributed by atoms with Gasteiger partial charge in [-0.25, -0.2) is 14.2 Å². The van der Waals surface area contributed by atoms with Crippen molar-refractivity contribution in [1.82, 2.24) is 9.88 Å². The van der Waals surface area contributed by atoms with E-state index in [-0.39, 0.29) is 30.2 Å². The summed E-state index contributed by atoms with van der Waals surface area (Å²) >= 11 is 7.31. The predicted molar refractivity (Wildman–Crippen MR) is 125 cm³/mol. The number of pyridine rings is 1. The zero-order chi connectivity index (χ0) is 24.9. The van der Waals surface area contributed by atoms with E-state index < -0.39 is 45.6 Å². The maximum Gasteiger partial charge on any atom is 0.407 e. The van der Waals surface area contributed by atoms with E-state index in [2.05, 4.69) is 4.98 Å². The highest BCUT2D eigenvalue weighted by Crippen LogP contribution is 2.60. The molecule has 0 saturated carbocycles. The highest BCUT2D eigenvalue weighted by Gasteiger charge is 2.66. The molecule has 1 fully saturated rings. The molecule has 180 valence electrons. The molecule has 6 nitrogen and oxygen atoms in total. The molecule has 2 rings (SSSR count). The second-order valence-electron chi connectivity index (χ2n) is 10.9. The average Bonchev–Trinajstić information content (AvgIpc) is 2.61. The number of carboxylic acids is 1. The Balaban J connectivity index is 2.86. The third kappa shape index (κ3) is 4.32. The van der Waals surface area contributed by atoms with E-state index in [0.717, 1.165) is 0 Å². The van der Waals surface area contributed by atoms with Crippen molar-refractivity contribution in [3.8, 4) is 0 Å². The first kappa shape index (κ1) is 26.7. The molecule has 0 bridgehead atoms. The van der Waals surface area contributed by atoms with Crippen molar-refractivity contribution in [3.63, 3.8) is 0 Å². The molecule has 1 aliphatic heterocycles.